The maximum Gasteiger partial charge on any atom is 0.311 e. The molecule has 0 aromatic carbocycles. The van der Waals surface area contributed by atoms with Crippen molar-refractivity contribution in [1.82, 2.24) is 4.98 Å². The quantitative estimate of drug-likeness (QED) is 0.903. The Bertz CT molecular complexity index is 363. The maximum absolute atomic E-state index is 11.0. The number of pyridine rings is 1. The molecule has 0 amide bonds. The number of carbonyl (C=O) groups is 1. The fourth-order valence-electron chi connectivity index (χ4n) is 1.64. The van der Waals surface area contributed by atoms with Gasteiger partial charge in [-0.1, -0.05) is 0 Å². The number of halogens is 1. The predicted molar refractivity (Wildman–Crippen MR) is 55.0 cm³/mol. The standard InChI is InChI=1S/C10H10BrNO2/c11-8-3-7(4-12-5-8)9(10(13)14)6-1-2-6/h3-6,9H,1-2H2,(H,13,14). The summed E-state index contributed by atoms with van der Waals surface area (Å²) in [6.45, 7) is 0. The van der Waals surface area contributed by atoms with Gasteiger partial charge in [-0.15, -0.1) is 0 Å². The van der Waals surface area contributed by atoms with Crippen molar-refractivity contribution in [2.24, 2.45) is 5.92 Å². The molecule has 1 atom stereocenters. The molecule has 1 aromatic rings. The summed E-state index contributed by atoms with van der Waals surface area (Å²) in [4.78, 5) is 15.0. The molecular weight excluding hydrogens is 246 g/mol. The van der Waals surface area contributed by atoms with E-state index in [0.29, 0.717) is 5.92 Å². The summed E-state index contributed by atoms with van der Waals surface area (Å²) in [5, 5.41) is 9.08. The van der Waals surface area contributed by atoms with Crippen molar-refractivity contribution in [3.8, 4) is 0 Å². The monoisotopic (exact) mass is 255 g/mol. The first kappa shape index (κ1) is 9.65. The highest BCUT2D eigenvalue weighted by Gasteiger charge is 2.37. The van der Waals surface area contributed by atoms with Gasteiger partial charge in [0, 0.05) is 16.9 Å². The molecule has 1 N–H and O–H groups in total. The lowest BCUT2D eigenvalue weighted by Crippen LogP contribution is -2.13. The van der Waals surface area contributed by atoms with Crippen LogP contribution in [0.15, 0.2) is 22.9 Å². The van der Waals surface area contributed by atoms with Crippen LogP contribution in [0.3, 0.4) is 0 Å². The molecule has 1 aliphatic carbocycles. The average Bonchev–Trinajstić information content (AvgIpc) is 2.88. The molecule has 1 unspecified atom stereocenters. The van der Waals surface area contributed by atoms with E-state index >= 15 is 0 Å². The number of nitrogens with zero attached hydrogens (tertiary/aromatic N) is 1. The van der Waals surface area contributed by atoms with Gasteiger partial charge in [0.15, 0.2) is 0 Å². The van der Waals surface area contributed by atoms with Crippen molar-refractivity contribution >= 4 is 21.9 Å². The van der Waals surface area contributed by atoms with E-state index in [9.17, 15) is 4.79 Å². The molecule has 0 aliphatic heterocycles. The SMILES string of the molecule is O=C(O)C(c1cncc(Br)c1)C1CC1. The summed E-state index contributed by atoms with van der Waals surface area (Å²) in [6.07, 6.45) is 5.34. The molecular formula is C10H10BrNO2. The molecule has 2 rings (SSSR count). The second kappa shape index (κ2) is 3.69. The fraction of sp³-hybridized carbons (Fsp3) is 0.400. The van der Waals surface area contributed by atoms with Gasteiger partial charge >= 0.3 is 5.97 Å². The lowest BCUT2D eigenvalue weighted by molar-refractivity contribution is -0.139. The number of carboxylic acid groups (broad SMARTS) is 1. The summed E-state index contributed by atoms with van der Waals surface area (Å²) in [5.74, 6) is -0.809. The Morgan fingerprint density at radius 3 is 2.79 bits per heavy atom. The topological polar surface area (TPSA) is 50.2 Å². The van der Waals surface area contributed by atoms with E-state index in [0.717, 1.165) is 22.9 Å². The van der Waals surface area contributed by atoms with Crippen LogP contribution in [0.25, 0.3) is 0 Å². The molecule has 74 valence electrons. The minimum Gasteiger partial charge on any atom is -0.481 e. The smallest absolute Gasteiger partial charge is 0.311 e. The molecule has 3 nitrogen and oxygen atoms in total. The van der Waals surface area contributed by atoms with E-state index < -0.39 is 5.97 Å². The second-order valence-corrected chi connectivity index (χ2v) is 4.51. The first-order chi connectivity index (χ1) is 6.68. The zero-order valence-electron chi connectivity index (χ0n) is 7.48. The van der Waals surface area contributed by atoms with Gasteiger partial charge < -0.3 is 5.11 Å². The van der Waals surface area contributed by atoms with Gasteiger partial charge in [-0.3, -0.25) is 9.78 Å². The Kier molecular flexibility index (Phi) is 2.54. The molecule has 1 heterocycles. The number of hydrogen-bond donors (Lipinski definition) is 1. The van der Waals surface area contributed by atoms with Crippen LogP contribution in [0, 0.1) is 5.92 Å². The molecule has 14 heavy (non-hydrogen) atoms. The van der Waals surface area contributed by atoms with Gasteiger partial charge in [0.2, 0.25) is 0 Å². The van der Waals surface area contributed by atoms with Crippen LogP contribution in [-0.4, -0.2) is 16.1 Å². The van der Waals surface area contributed by atoms with Crippen LogP contribution in [0.1, 0.15) is 24.3 Å². The largest absolute Gasteiger partial charge is 0.481 e. The van der Waals surface area contributed by atoms with E-state index in [1.165, 1.54) is 0 Å². The van der Waals surface area contributed by atoms with E-state index in [-0.39, 0.29) is 5.92 Å². The van der Waals surface area contributed by atoms with Crippen LogP contribution in [0.4, 0.5) is 0 Å². The Labute approximate surface area is 90.3 Å². The lowest BCUT2D eigenvalue weighted by Gasteiger charge is -2.10. The maximum atomic E-state index is 11.0. The third kappa shape index (κ3) is 1.95. The third-order valence-corrected chi connectivity index (χ3v) is 2.88. The minimum absolute atomic E-state index is 0.309. The summed E-state index contributed by atoms with van der Waals surface area (Å²) in [6, 6.07) is 1.84. The highest BCUT2D eigenvalue weighted by molar-refractivity contribution is 9.10. The third-order valence-electron chi connectivity index (χ3n) is 2.44. The highest BCUT2D eigenvalue weighted by Crippen LogP contribution is 2.42. The van der Waals surface area contributed by atoms with Crippen LogP contribution >= 0.6 is 15.9 Å². The first-order valence-electron chi connectivity index (χ1n) is 4.51. The highest BCUT2D eigenvalue weighted by atomic mass is 79.9. The zero-order chi connectivity index (χ0) is 10.1. The van der Waals surface area contributed by atoms with E-state index in [1.54, 1.807) is 12.4 Å². The number of hydrogen-bond acceptors (Lipinski definition) is 2. The number of carboxylic acids is 1. The van der Waals surface area contributed by atoms with Crippen LogP contribution in [0.5, 0.6) is 0 Å². The normalized spacial score (nSPS) is 17.8. The molecule has 0 spiro atoms. The lowest BCUT2D eigenvalue weighted by atomic mass is 9.96. The van der Waals surface area contributed by atoms with Crippen molar-refractivity contribution in [1.29, 1.82) is 0 Å². The number of rotatable bonds is 3. The number of aromatic nitrogens is 1. The van der Waals surface area contributed by atoms with Crippen LogP contribution in [0.2, 0.25) is 0 Å². The van der Waals surface area contributed by atoms with Crippen molar-refractivity contribution in [2.45, 2.75) is 18.8 Å². The number of aliphatic carboxylic acids is 1. The van der Waals surface area contributed by atoms with Gasteiger partial charge in [-0.2, -0.15) is 0 Å². The Morgan fingerprint density at radius 1 is 1.57 bits per heavy atom. The molecule has 1 saturated carbocycles. The molecule has 0 bridgehead atoms. The Balaban J connectivity index is 2.30. The molecule has 4 heteroatoms. The summed E-state index contributed by atoms with van der Waals surface area (Å²) < 4.78 is 0.835. The zero-order valence-corrected chi connectivity index (χ0v) is 9.07. The minimum atomic E-state index is -0.743. The molecule has 0 radical (unpaired) electrons. The molecule has 1 aromatic heterocycles. The Morgan fingerprint density at radius 2 is 2.29 bits per heavy atom. The fourth-order valence-corrected chi connectivity index (χ4v) is 2.03. The Hall–Kier alpha value is -0.900. The first-order valence-corrected chi connectivity index (χ1v) is 5.31. The molecule has 1 fully saturated rings. The van der Waals surface area contributed by atoms with Crippen molar-refractivity contribution in [2.75, 3.05) is 0 Å². The van der Waals surface area contributed by atoms with Gasteiger partial charge in [0.05, 0.1) is 5.92 Å². The van der Waals surface area contributed by atoms with E-state index in [4.69, 9.17) is 5.11 Å². The van der Waals surface area contributed by atoms with Gasteiger partial charge in [-0.25, -0.2) is 0 Å². The van der Waals surface area contributed by atoms with Gasteiger partial charge in [0.1, 0.15) is 0 Å². The van der Waals surface area contributed by atoms with E-state index in [1.807, 2.05) is 6.07 Å². The van der Waals surface area contributed by atoms with Gasteiger partial charge in [0.25, 0.3) is 0 Å². The second-order valence-electron chi connectivity index (χ2n) is 3.59. The molecule has 0 saturated heterocycles. The van der Waals surface area contributed by atoms with Gasteiger partial charge in [-0.05, 0) is 46.3 Å². The average molecular weight is 256 g/mol. The van der Waals surface area contributed by atoms with Crippen LogP contribution in [-0.2, 0) is 4.79 Å². The predicted octanol–water partition coefficient (Wildman–Crippen LogP) is 2.42. The van der Waals surface area contributed by atoms with E-state index in [2.05, 4.69) is 20.9 Å². The summed E-state index contributed by atoms with van der Waals surface area (Å²) in [5.41, 5.74) is 0.800. The van der Waals surface area contributed by atoms with Crippen molar-refractivity contribution in [3.05, 3.63) is 28.5 Å². The molecule has 1 aliphatic rings. The van der Waals surface area contributed by atoms with Crippen LogP contribution < -0.4 is 0 Å². The van der Waals surface area contributed by atoms with Crippen molar-refractivity contribution < 1.29 is 9.90 Å². The summed E-state index contributed by atoms with van der Waals surface area (Å²) >= 11 is 3.29. The van der Waals surface area contributed by atoms with Crippen molar-refractivity contribution in [3.63, 3.8) is 0 Å². The summed E-state index contributed by atoms with van der Waals surface area (Å²) in [7, 11) is 0.